The summed E-state index contributed by atoms with van der Waals surface area (Å²) < 4.78 is 1.74. The maximum absolute atomic E-state index is 11.6. The number of aryl methyl sites for hydroxylation is 2. The summed E-state index contributed by atoms with van der Waals surface area (Å²) >= 11 is 5.84. The van der Waals surface area contributed by atoms with Crippen LogP contribution in [-0.4, -0.2) is 15.7 Å². The van der Waals surface area contributed by atoms with Gasteiger partial charge in [0, 0.05) is 30.4 Å². The molecule has 0 spiro atoms. The molecule has 2 rings (SSSR count). The lowest BCUT2D eigenvalue weighted by molar-refractivity contribution is -0.120. The number of benzene rings is 1. The van der Waals surface area contributed by atoms with Gasteiger partial charge < -0.3 is 5.73 Å². The van der Waals surface area contributed by atoms with Crippen molar-refractivity contribution in [3.8, 4) is 0 Å². The molecule has 0 saturated heterocycles. The first kappa shape index (κ1) is 14.6. The van der Waals surface area contributed by atoms with Crippen LogP contribution in [0.15, 0.2) is 30.5 Å². The first-order chi connectivity index (χ1) is 9.47. The van der Waals surface area contributed by atoms with Crippen molar-refractivity contribution in [3.05, 3.63) is 52.3 Å². The van der Waals surface area contributed by atoms with Gasteiger partial charge in [-0.2, -0.15) is 5.10 Å². The average Bonchev–Trinajstić information content (AvgIpc) is 2.70. The highest BCUT2D eigenvalue weighted by Crippen LogP contribution is 2.17. The Morgan fingerprint density at radius 2 is 2.10 bits per heavy atom. The molecule has 5 nitrogen and oxygen atoms in total. The molecule has 1 aromatic heterocycles. The molecule has 20 heavy (non-hydrogen) atoms. The zero-order chi connectivity index (χ0) is 14.7. The monoisotopic (exact) mass is 292 g/mol. The lowest BCUT2D eigenvalue weighted by Crippen LogP contribution is -2.33. The maximum Gasteiger partial charge on any atom is 0.239 e. The molecule has 0 aliphatic rings. The predicted octanol–water partition coefficient (Wildman–Crippen LogP) is 1.70. The lowest BCUT2D eigenvalue weighted by atomic mass is 10.1. The smallest absolute Gasteiger partial charge is 0.239 e. The zero-order valence-electron chi connectivity index (χ0n) is 11.4. The van der Waals surface area contributed by atoms with E-state index in [9.17, 15) is 4.79 Å². The number of carbonyl (C=O) groups excluding carboxylic acids is 1. The molecule has 2 aromatic rings. The summed E-state index contributed by atoms with van der Waals surface area (Å²) in [5, 5.41) is 8.04. The number of hydrogen-bond donors (Lipinski definition) is 2. The number of hydrogen-bond acceptors (Lipinski definition) is 3. The van der Waals surface area contributed by atoms with Gasteiger partial charge in [0.1, 0.15) is 6.04 Å². The summed E-state index contributed by atoms with van der Waals surface area (Å²) in [7, 11) is 1.86. The van der Waals surface area contributed by atoms with Crippen LogP contribution in [0.25, 0.3) is 0 Å². The van der Waals surface area contributed by atoms with Crippen molar-refractivity contribution in [2.45, 2.75) is 19.5 Å². The topological polar surface area (TPSA) is 72.9 Å². The number of nitrogens with one attached hydrogen (secondary N) is 1. The van der Waals surface area contributed by atoms with E-state index in [1.807, 2.05) is 20.2 Å². The molecular formula is C14H17ClN4O. The first-order valence-electron chi connectivity index (χ1n) is 6.24. The quantitative estimate of drug-likeness (QED) is 0.881. The molecular weight excluding hydrogens is 276 g/mol. The third-order valence-electron chi connectivity index (χ3n) is 3.10. The van der Waals surface area contributed by atoms with Crippen LogP contribution < -0.4 is 11.1 Å². The second-order valence-electron chi connectivity index (χ2n) is 4.68. The van der Waals surface area contributed by atoms with Gasteiger partial charge in [0.2, 0.25) is 5.91 Å². The Labute approximate surface area is 122 Å². The van der Waals surface area contributed by atoms with Gasteiger partial charge in [-0.3, -0.25) is 14.8 Å². The van der Waals surface area contributed by atoms with Crippen molar-refractivity contribution in [1.82, 2.24) is 15.1 Å². The highest BCUT2D eigenvalue weighted by molar-refractivity contribution is 6.30. The number of primary amides is 1. The minimum atomic E-state index is -0.549. The van der Waals surface area contributed by atoms with Crippen LogP contribution >= 0.6 is 11.6 Å². The third kappa shape index (κ3) is 3.37. The Hall–Kier alpha value is -1.85. The molecule has 0 aliphatic carbocycles. The molecule has 1 heterocycles. The van der Waals surface area contributed by atoms with Crippen molar-refractivity contribution < 1.29 is 4.79 Å². The minimum absolute atomic E-state index is 0.422. The molecule has 1 atom stereocenters. The van der Waals surface area contributed by atoms with Crippen LogP contribution in [0, 0.1) is 6.92 Å². The van der Waals surface area contributed by atoms with Crippen molar-refractivity contribution in [2.75, 3.05) is 0 Å². The summed E-state index contributed by atoms with van der Waals surface area (Å²) in [4.78, 5) is 11.6. The third-order valence-corrected chi connectivity index (χ3v) is 3.35. The summed E-state index contributed by atoms with van der Waals surface area (Å²) in [6, 6.07) is 6.52. The van der Waals surface area contributed by atoms with E-state index in [0.717, 1.165) is 16.8 Å². The molecule has 0 saturated carbocycles. The van der Waals surface area contributed by atoms with Gasteiger partial charge >= 0.3 is 0 Å². The fraction of sp³-hybridized carbons (Fsp3) is 0.286. The van der Waals surface area contributed by atoms with E-state index >= 15 is 0 Å². The fourth-order valence-corrected chi connectivity index (χ4v) is 2.20. The Balaban J connectivity index is 2.12. The minimum Gasteiger partial charge on any atom is -0.368 e. The van der Waals surface area contributed by atoms with Crippen LogP contribution in [-0.2, 0) is 18.4 Å². The van der Waals surface area contributed by atoms with Crippen molar-refractivity contribution in [2.24, 2.45) is 12.8 Å². The van der Waals surface area contributed by atoms with E-state index < -0.39 is 11.9 Å². The summed E-state index contributed by atoms with van der Waals surface area (Å²) in [5.74, 6) is -0.422. The molecule has 1 aromatic carbocycles. The summed E-state index contributed by atoms with van der Waals surface area (Å²) in [6.45, 7) is 2.45. The van der Waals surface area contributed by atoms with E-state index in [1.54, 1.807) is 28.9 Å². The zero-order valence-corrected chi connectivity index (χ0v) is 12.2. The van der Waals surface area contributed by atoms with Crippen molar-refractivity contribution in [3.63, 3.8) is 0 Å². The van der Waals surface area contributed by atoms with Crippen LogP contribution in [0.5, 0.6) is 0 Å². The Bertz CT molecular complexity index is 606. The largest absolute Gasteiger partial charge is 0.368 e. The number of nitrogens with two attached hydrogens (primary N) is 1. The van der Waals surface area contributed by atoms with Gasteiger partial charge in [-0.05, 0) is 24.6 Å². The van der Waals surface area contributed by atoms with Gasteiger partial charge in [0.05, 0.1) is 5.69 Å². The Morgan fingerprint density at radius 3 is 2.60 bits per heavy atom. The van der Waals surface area contributed by atoms with Crippen molar-refractivity contribution >= 4 is 17.5 Å². The molecule has 1 amide bonds. The van der Waals surface area contributed by atoms with Crippen LogP contribution in [0.4, 0.5) is 0 Å². The first-order valence-corrected chi connectivity index (χ1v) is 6.62. The van der Waals surface area contributed by atoms with Gasteiger partial charge in [0.25, 0.3) is 0 Å². The van der Waals surface area contributed by atoms with Gasteiger partial charge in [0.15, 0.2) is 0 Å². The maximum atomic E-state index is 11.6. The second kappa shape index (κ2) is 6.07. The number of aromatic nitrogens is 2. The number of carbonyl (C=O) groups is 1. The Morgan fingerprint density at radius 1 is 1.45 bits per heavy atom. The van der Waals surface area contributed by atoms with Crippen molar-refractivity contribution in [1.29, 1.82) is 0 Å². The van der Waals surface area contributed by atoms with Gasteiger partial charge in [-0.15, -0.1) is 0 Å². The van der Waals surface area contributed by atoms with E-state index in [2.05, 4.69) is 10.4 Å². The van der Waals surface area contributed by atoms with Crippen LogP contribution in [0.1, 0.15) is 22.9 Å². The van der Waals surface area contributed by atoms with E-state index in [-0.39, 0.29) is 0 Å². The van der Waals surface area contributed by atoms with E-state index in [1.165, 1.54) is 0 Å². The lowest BCUT2D eigenvalue weighted by Gasteiger charge is -2.15. The van der Waals surface area contributed by atoms with Gasteiger partial charge in [-0.25, -0.2) is 0 Å². The van der Waals surface area contributed by atoms with Gasteiger partial charge in [-0.1, -0.05) is 23.7 Å². The normalized spacial score (nSPS) is 12.3. The fourth-order valence-electron chi connectivity index (χ4n) is 2.07. The van der Waals surface area contributed by atoms with Crippen LogP contribution in [0.2, 0.25) is 5.02 Å². The van der Waals surface area contributed by atoms with Crippen LogP contribution in [0.3, 0.4) is 0 Å². The highest BCUT2D eigenvalue weighted by Gasteiger charge is 2.17. The SMILES string of the molecule is Cc1nn(C)cc1CNC(C(N)=O)c1ccc(Cl)cc1. The summed E-state index contributed by atoms with van der Waals surface area (Å²) in [6.07, 6.45) is 1.92. The molecule has 6 heteroatoms. The molecule has 0 radical (unpaired) electrons. The summed E-state index contributed by atoms with van der Waals surface area (Å²) in [5.41, 5.74) is 8.22. The van der Waals surface area contributed by atoms with E-state index in [4.69, 9.17) is 17.3 Å². The Kier molecular flexibility index (Phi) is 4.42. The standard InChI is InChI=1S/C14H17ClN4O/c1-9-11(8-19(2)18-9)7-17-13(14(16)20)10-3-5-12(15)6-4-10/h3-6,8,13,17H,7H2,1-2H3,(H2,16,20). The highest BCUT2D eigenvalue weighted by atomic mass is 35.5. The molecule has 106 valence electrons. The average molecular weight is 293 g/mol. The predicted molar refractivity (Wildman–Crippen MR) is 78.2 cm³/mol. The molecule has 0 aliphatic heterocycles. The number of amides is 1. The van der Waals surface area contributed by atoms with E-state index in [0.29, 0.717) is 11.6 Å². The molecule has 3 N–H and O–H groups in total. The number of halogens is 1. The molecule has 0 bridgehead atoms. The second-order valence-corrected chi connectivity index (χ2v) is 5.12. The number of nitrogens with zero attached hydrogens (tertiary/aromatic N) is 2. The molecule has 0 fully saturated rings. The number of rotatable bonds is 5. The molecule has 1 unspecified atom stereocenters.